The number of phenols is 4. The number of ketones is 1. The lowest BCUT2D eigenvalue weighted by Crippen LogP contribution is -2.36. The number of benzene rings is 3. The van der Waals surface area contributed by atoms with E-state index in [1.54, 1.807) is 18.2 Å². The first-order chi connectivity index (χ1) is 16.7. The highest BCUT2D eigenvalue weighted by Crippen LogP contribution is 2.52. The molecule has 2 unspecified atom stereocenters. The van der Waals surface area contributed by atoms with E-state index in [4.69, 9.17) is 14.2 Å². The number of rotatable bonds is 4. The second kappa shape index (κ2) is 8.26. The largest absolute Gasteiger partial charge is 0.508 e. The molecule has 0 fully saturated rings. The number of hydrogen-bond acceptors (Lipinski definition) is 10. The van der Waals surface area contributed by atoms with Gasteiger partial charge in [0.25, 0.3) is 0 Å². The lowest BCUT2D eigenvalue weighted by Gasteiger charge is -2.30. The summed E-state index contributed by atoms with van der Waals surface area (Å²) in [4.78, 5) is 12.8. The monoisotopic (exact) mass is 482 g/mol. The van der Waals surface area contributed by atoms with Gasteiger partial charge in [0.05, 0.1) is 19.6 Å². The number of aliphatic hydroxyl groups excluding tert-OH is 2. The lowest BCUT2D eigenvalue weighted by atomic mass is 9.87. The minimum absolute atomic E-state index is 0.0668. The first-order valence-corrected chi connectivity index (χ1v) is 10.7. The molecule has 4 atom stereocenters. The van der Waals surface area contributed by atoms with Crippen LogP contribution in [0.15, 0.2) is 42.5 Å². The molecule has 10 heteroatoms. The smallest absolute Gasteiger partial charge is 0.202 e. The number of hydrogen-bond donors (Lipinski definition) is 6. The van der Waals surface area contributed by atoms with Crippen molar-refractivity contribution in [3.05, 3.63) is 64.7 Å². The van der Waals surface area contributed by atoms with Gasteiger partial charge in [-0.25, -0.2) is 0 Å². The predicted molar refractivity (Wildman–Crippen MR) is 119 cm³/mol. The number of aromatic hydroxyl groups is 4. The van der Waals surface area contributed by atoms with Gasteiger partial charge in [-0.2, -0.15) is 0 Å². The molecule has 0 saturated heterocycles. The molecule has 182 valence electrons. The second-order valence-electron chi connectivity index (χ2n) is 8.40. The fourth-order valence-electron chi connectivity index (χ4n) is 4.63. The minimum Gasteiger partial charge on any atom is -0.508 e. The van der Waals surface area contributed by atoms with Crippen LogP contribution in [0.1, 0.15) is 45.2 Å². The Hall–Kier alpha value is -4.15. The Morgan fingerprint density at radius 1 is 0.886 bits per heavy atom. The van der Waals surface area contributed by atoms with Gasteiger partial charge in [0.15, 0.2) is 35.2 Å². The van der Waals surface area contributed by atoms with Crippen molar-refractivity contribution in [1.82, 2.24) is 0 Å². The molecule has 3 aromatic rings. The van der Waals surface area contributed by atoms with E-state index in [0.717, 1.165) is 12.1 Å². The average Bonchev–Trinajstić information content (AvgIpc) is 3.20. The van der Waals surface area contributed by atoms with E-state index in [-0.39, 0.29) is 52.2 Å². The minimum atomic E-state index is -1.71. The van der Waals surface area contributed by atoms with Gasteiger partial charge in [0.1, 0.15) is 28.9 Å². The van der Waals surface area contributed by atoms with Crippen LogP contribution in [0.5, 0.6) is 40.2 Å². The van der Waals surface area contributed by atoms with Crippen molar-refractivity contribution < 1.29 is 49.6 Å². The number of carbonyl (C=O) groups excluding carboxylic acids is 1. The summed E-state index contributed by atoms with van der Waals surface area (Å²) >= 11 is 0. The lowest BCUT2D eigenvalue weighted by molar-refractivity contribution is 0.0209. The normalized spacial score (nSPS) is 22.7. The Morgan fingerprint density at radius 3 is 2.37 bits per heavy atom. The number of ether oxygens (including phenoxy) is 3. The quantitative estimate of drug-likeness (QED) is 0.325. The third-order valence-electron chi connectivity index (χ3n) is 6.31. The van der Waals surface area contributed by atoms with Gasteiger partial charge in [0.2, 0.25) is 5.78 Å². The molecule has 5 rings (SSSR count). The molecule has 2 aliphatic rings. The van der Waals surface area contributed by atoms with Gasteiger partial charge in [-0.05, 0) is 35.4 Å². The second-order valence-corrected chi connectivity index (χ2v) is 8.40. The Morgan fingerprint density at radius 2 is 1.66 bits per heavy atom. The fourth-order valence-corrected chi connectivity index (χ4v) is 4.63. The van der Waals surface area contributed by atoms with Crippen molar-refractivity contribution in [3.63, 3.8) is 0 Å². The molecule has 0 aliphatic carbocycles. The van der Waals surface area contributed by atoms with Gasteiger partial charge in [-0.3, -0.25) is 4.79 Å². The average molecular weight is 482 g/mol. The number of phenolic OH excluding ortho intramolecular Hbond substituents is 4. The standard InChI is InChI=1S/C25H22O10/c1-33-18-6-10(2-3-15(18)28)23-14(9-26)13-4-11(5-17(30)25(13)35-23)24-22(32)21(31)20-16(29)7-12(27)8-19(20)34-24/h2-8,14,22-24,26-30,32H,9H2,1H3/t14?,22-,23?,24+/m0/s1. The van der Waals surface area contributed by atoms with Crippen molar-refractivity contribution in [2.75, 3.05) is 13.7 Å². The number of carbonyl (C=O) groups is 1. The molecular weight excluding hydrogens is 460 g/mol. The number of Topliss-reactive ketones (excluding diaryl/α,β-unsaturated/α-hetero) is 1. The Bertz CT molecular complexity index is 1330. The molecule has 0 aromatic heterocycles. The molecule has 10 nitrogen and oxygen atoms in total. The zero-order valence-corrected chi connectivity index (χ0v) is 18.4. The van der Waals surface area contributed by atoms with Gasteiger partial charge >= 0.3 is 0 Å². The summed E-state index contributed by atoms with van der Waals surface area (Å²) in [6.07, 6.45) is -3.69. The molecule has 2 heterocycles. The van der Waals surface area contributed by atoms with Crippen molar-refractivity contribution in [2.45, 2.75) is 24.2 Å². The molecule has 0 saturated carbocycles. The van der Waals surface area contributed by atoms with E-state index in [2.05, 4.69) is 0 Å². The molecule has 2 aliphatic heterocycles. The third kappa shape index (κ3) is 3.54. The van der Waals surface area contributed by atoms with Gasteiger partial charge in [0, 0.05) is 17.7 Å². The predicted octanol–water partition coefficient (Wildman–Crippen LogP) is 2.40. The molecule has 0 bridgehead atoms. The Balaban J connectivity index is 1.54. The molecule has 35 heavy (non-hydrogen) atoms. The van der Waals surface area contributed by atoms with E-state index >= 15 is 0 Å². The van der Waals surface area contributed by atoms with Gasteiger partial charge < -0.3 is 44.8 Å². The fraction of sp³-hybridized carbons (Fsp3) is 0.240. The topological polar surface area (TPSA) is 166 Å². The molecule has 6 N–H and O–H groups in total. The first-order valence-electron chi connectivity index (χ1n) is 10.7. The van der Waals surface area contributed by atoms with Crippen LogP contribution in [0.3, 0.4) is 0 Å². The van der Waals surface area contributed by atoms with Gasteiger partial charge in [-0.15, -0.1) is 0 Å². The van der Waals surface area contributed by atoms with Crippen molar-refractivity contribution in [3.8, 4) is 40.2 Å². The zero-order chi connectivity index (χ0) is 25.0. The molecular formula is C25H22O10. The summed E-state index contributed by atoms with van der Waals surface area (Å²) in [5.74, 6) is -2.45. The maximum Gasteiger partial charge on any atom is 0.202 e. The number of aliphatic hydroxyl groups is 2. The van der Waals surface area contributed by atoms with E-state index in [1.807, 2.05) is 0 Å². The molecule has 0 spiro atoms. The van der Waals surface area contributed by atoms with Crippen LogP contribution in [-0.2, 0) is 0 Å². The summed E-state index contributed by atoms with van der Waals surface area (Å²) in [6.45, 7) is -0.360. The van der Waals surface area contributed by atoms with E-state index < -0.39 is 35.8 Å². The summed E-state index contributed by atoms with van der Waals surface area (Å²) < 4.78 is 16.9. The summed E-state index contributed by atoms with van der Waals surface area (Å²) in [5, 5.41) is 61.3. The van der Waals surface area contributed by atoms with Crippen LogP contribution in [0.2, 0.25) is 0 Å². The van der Waals surface area contributed by atoms with Crippen LogP contribution in [0.4, 0.5) is 0 Å². The number of methoxy groups -OCH3 is 1. The summed E-state index contributed by atoms with van der Waals surface area (Å²) in [7, 11) is 1.40. The van der Waals surface area contributed by atoms with E-state index in [0.29, 0.717) is 11.1 Å². The van der Waals surface area contributed by atoms with E-state index in [1.165, 1.54) is 19.2 Å². The van der Waals surface area contributed by atoms with Crippen LogP contribution in [0.25, 0.3) is 0 Å². The highest BCUT2D eigenvalue weighted by Gasteiger charge is 2.42. The summed E-state index contributed by atoms with van der Waals surface area (Å²) in [6, 6.07) is 9.56. The highest BCUT2D eigenvalue weighted by atomic mass is 16.5. The third-order valence-corrected chi connectivity index (χ3v) is 6.31. The highest BCUT2D eigenvalue weighted by molar-refractivity contribution is 6.05. The Kier molecular flexibility index (Phi) is 5.34. The van der Waals surface area contributed by atoms with Gasteiger partial charge in [-0.1, -0.05) is 6.07 Å². The Labute approximate surface area is 198 Å². The first kappa shape index (κ1) is 22.6. The molecule has 0 radical (unpaired) electrons. The van der Waals surface area contributed by atoms with Crippen molar-refractivity contribution >= 4 is 5.78 Å². The van der Waals surface area contributed by atoms with Crippen LogP contribution in [0, 0.1) is 0 Å². The van der Waals surface area contributed by atoms with E-state index in [9.17, 15) is 35.4 Å². The SMILES string of the molecule is COc1cc(C2Oc3c(O)cc([C@H]4Oc5cc(O)cc(O)c5C(=O)[C@@H]4O)cc3C2CO)ccc1O. The van der Waals surface area contributed by atoms with Crippen molar-refractivity contribution in [1.29, 1.82) is 0 Å². The van der Waals surface area contributed by atoms with Crippen LogP contribution >= 0.6 is 0 Å². The maximum atomic E-state index is 12.8. The maximum absolute atomic E-state index is 12.8. The van der Waals surface area contributed by atoms with Crippen LogP contribution in [-0.4, -0.2) is 56.2 Å². The molecule has 0 amide bonds. The zero-order valence-electron chi connectivity index (χ0n) is 18.4. The molecule has 3 aromatic carbocycles. The number of fused-ring (bicyclic) bond motifs is 2. The summed E-state index contributed by atoms with van der Waals surface area (Å²) in [5.41, 5.74) is 0.976. The van der Waals surface area contributed by atoms with Crippen LogP contribution < -0.4 is 14.2 Å². The van der Waals surface area contributed by atoms with Crippen molar-refractivity contribution in [2.24, 2.45) is 0 Å².